The molecule has 7 nitrogen and oxygen atoms in total. The van der Waals surface area contributed by atoms with Gasteiger partial charge in [-0.3, -0.25) is 9.59 Å². The smallest absolute Gasteiger partial charge is 0.252 e. The summed E-state index contributed by atoms with van der Waals surface area (Å²) in [5.41, 5.74) is 7.76. The van der Waals surface area contributed by atoms with Gasteiger partial charge in [-0.25, -0.2) is 4.98 Å². The Balaban J connectivity index is 1.82. The van der Waals surface area contributed by atoms with Crippen LogP contribution in [0.25, 0.3) is 0 Å². The van der Waals surface area contributed by atoms with Gasteiger partial charge in [0, 0.05) is 24.8 Å². The van der Waals surface area contributed by atoms with Gasteiger partial charge in [0.25, 0.3) is 5.91 Å². The second-order valence-corrected chi connectivity index (χ2v) is 6.57. The standard InChI is InChI=1S/C20H23N5O2/c1-3-18(26)22-15-9-10-25(12-15)17-8-7-16(19(21)27)20(24-17)23-14-6-4-5-13(2)11-14/h3-8,11,15H,1,9-10,12H2,2H3,(H2,21,27)(H,22,26)(H,23,24)/t15-/m0/s1. The fourth-order valence-corrected chi connectivity index (χ4v) is 3.12. The molecule has 2 aromatic rings. The maximum Gasteiger partial charge on any atom is 0.252 e. The topological polar surface area (TPSA) is 100 Å². The number of carbonyl (C=O) groups is 2. The van der Waals surface area contributed by atoms with Gasteiger partial charge in [-0.1, -0.05) is 18.7 Å². The van der Waals surface area contributed by atoms with Crippen LogP contribution in [0.2, 0.25) is 0 Å². The third-order valence-corrected chi connectivity index (χ3v) is 4.47. The van der Waals surface area contributed by atoms with Crippen LogP contribution in [0.4, 0.5) is 17.3 Å². The number of primary amides is 1. The number of benzene rings is 1. The first-order valence-electron chi connectivity index (χ1n) is 8.78. The molecule has 1 saturated heterocycles. The molecule has 1 aliphatic heterocycles. The van der Waals surface area contributed by atoms with E-state index < -0.39 is 5.91 Å². The Morgan fingerprint density at radius 1 is 1.33 bits per heavy atom. The van der Waals surface area contributed by atoms with E-state index in [1.807, 2.05) is 31.2 Å². The number of rotatable bonds is 6. The number of aromatic nitrogens is 1. The molecule has 1 aliphatic rings. The largest absolute Gasteiger partial charge is 0.365 e. The number of hydrogen-bond donors (Lipinski definition) is 3. The van der Waals surface area contributed by atoms with Crippen molar-refractivity contribution in [2.24, 2.45) is 5.73 Å². The van der Waals surface area contributed by atoms with Crippen molar-refractivity contribution in [2.45, 2.75) is 19.4 Å². The van der Waals surface area contributed by atoms with E-state index in [9.17, 15) is 9.59 Å². The Labute approximate surface area is 158 Å². The highest BCUT2D eigenvalue weighted by Crippen LogP contribution is 2.25. The number of nitrogens with one attached hydrogen (secondary N) is 2. The van der Waals surface area contributed by atoms with Crippen LogP contribution in [-0.4, -0.2) is 35.9 Å². The van der Waals surface area contributed by atoms with Crippen LogP contribution >= 0.6 is 0 Å². The Bertz CT molecular complexity index is 880. The van der Waals surface area contributed by atoms with E-state index in [4.69, 9.17) is 5.73 Å². The van der Waals surface area contributed by atoms with Crippen molar-refractivity contribution >= 4 is 29.1 Å². The third-order valence-electron chi connectivity index (χ3n) is 4.47. The van der Waals surface area contributed by atoms with Gasteiger partial charge in [0.1, 0.15) is 11.6 Å². The van der Waals surface area contributed by atoms with Gasteiger partial charge in [-0.2, -0.15) is 0 Å². The summed E-state index contributed by atoms with van der Waals surface area (Å²) in [5.74, 6) is 0.428. The lowest BCUT2D eigenvalue weighted by atomic mass is 10.2. The van der Waals surface area contributed by atoms with Crippen LogP contribution in [0.5, 0.6) is 0 Å². The van der Waals surface area contributed by atoms with E-state index in [2.05, 4.69) is 27.1 Å². The average molecular weight is 365 g/mol. The van der Waals surface area contributed by atoms with E-state index in [0.717, 1.165) is 30.0 Å². The first-order valence-corrected chi connectivity index (χ1v) is 8.78. The summed E-state index contributed by atoms with van der Waals surface area (Å²) in [4.78, 5) is 30.0. The molecule has 1 fully saturated rings. The zero-order valence-electron chi connectivity index (χ0n) is 15.2. The molecule has 4 N–H and O–H groups in total. The van der Waals surface area contributed by atoms with Gasteiger partial charge in [0.2, 0.25) is 5.91 Å². The summed E-state index contributed by atoms with van der Waals surface area (Å²) in [7, 11) is 0. The molecular weight excluding hydrogens is 342 g/mol. The molecule has 2 heterocycles. The highest BCUT2D eigenvalue weighted by molar-refractivity contribution is 5.98. The maximum absolute atomic E-state index is 11.8. The highest BCUT2D eigenvalue weighted by atomic mass is 16.1. The summed E-state index contributed by atoms with van der Waals surface area (Å²) >= 11 is 0. The molecule has 3 rings (SSSR count). The average Bonchev–Trinajstić information content (AvgIpc) is 3.09. The number of amides is 2. The molecule has 0 saturated carbocycles. The number of aryl methyl sites for hydroxylation is 1. The van der Waals surface area contributed by atoms with Gasteiger partial charge < -0.3 is 21.3 Å². The van der Waals surface area contributed by atoms with Crippen LogP contribution < -0.4 is 21.3 Å². The molecule has 0 aliphatic carbocycles. The lowest BCUT2D eigenvalue weighted by Gasteiger charge is -2.20. The molecule has 1 atom stereocenters. The molecule has 27 heavy (non-hydrogen) atoms. The van der Waals surface area contributed by atoms with E-state index >= 15 is 0 Å². The van der Waals surface area contributed by atoms with E-state index in [0.29, 0.717) is 17.9 Å². The van der Waals surface area contributed by atoms with Crippen LogP contribution in [0.1, 0.15) is 22.3 Å². The number of anilines is 3. The van der Waals surface area contributed by atoms with Crippen molar-refractivity contribution in [1.82, 2.24) is 10.3 Å². The highest BCUT2D eigenvalue weighted by Gasteiger charge is 2.25. The first-order chi connectivity index (χ1) is 13.0. The normalized spacial score (nSPS) is 16.0. The number of pyridine rings is 1. The molecule has 2 amide bonds. The third kappa shape index (κ3) is 4.44. The molecule has 0 radical (unpaired) electrons. The van der Waals surface area contributed by atoms with Gasteiger partial charge in [0.15, 0.2) is 0 Å². The minimum Gasteiger partial charge on any atom is -0.365 e. The maximum atomic E-state index is 11.8. The minimum atomic E-state index is -0.540. The van der Waals surface area contributed by atoms with Crippen LogP contribution in [0, 0.1) is 6.92 Å². The van der Waals surface area contributed by atoms with Crippen molar-refractivity contribution in [1.29, 1.82) is 0 Å². The number of nitrogens with two attached hydrogens (primary N) is 1. The van der Waals surface area contributed by atoms with Crippen molar-refractivity contribution in [3.8, 4) is 0 Å². The van der Waals surface area contributed by atoms with Crippen LogP contribution in [-0.2, 0) is 4.79 Å². The monoisotopic (exact) mass is 365 g/mol. The molecule has 0 unspecified atom stereocenters. The summed E-state index contributed by atoms with van der Waals surface area (Å²) in [6.07, 6.45) is 2.09. The summed E-state index contributed by atoms with van der Waals surface area (Å²) < 4.78 is 0. The SMILES string of the molecule is C=CC(=O)N[C@H]1CCN(c2ccc(C(N)=O)c(Nc3cccc(C)c3)n2)C1. The first kappa shape index (κ1) is 18.4. The fourth-order valence-electron chi connectivity index (χ4n) is 3.12. The molecule has 1 aromatic heterocycles. The molecule has 0 spiro atoms. The zero-order valence-corrected chi connectivity index (χ0v) is 15.2. The molecule has 140 valence electrons. The van der Waals surface area contributed by atoms with E-state index in [-0.39, 0.29) is 11.9 Å². The number of carbonyl (C=O) groups excluding carboxylic acids is 2. The Hall–Kier alpha value is -3.35. The molecule has 1 aromatic carbocycles. The Kier molecular flexibility index (Phi) is 5.40. The fraction of sp³-hybridized carbons (Fsp3) is 0.250. The van der Waals surface area contributed by atoms with Gasteiger partial charge in [-0.15, -0.1) is 0 Å². The zero-order chi connectivity index (χ0) is 19.4. The molecule has 7 heteroatoms. The predicted molar refractivity (Wildman–Crippen MR) is 106 cm³/mol. The van der Waals surface area contributed by atoms with Crippen molar-refractivity contribution in [3.05, 3.63) is 60.2 Å². The quantitative estimate of drug-likeness (QED) is 0.681. The van der Waals surface area contributed by atoms with Crippen molar-refractivity contribution in [3.63, 3.8) is 0 Å². The van der Waals surface area contributed by atoms with Crippen LogP contribution in [0.3, 0.4) is 0 Å². The van der Waals surface area contributed by atoms with E-state index in [1.165, 1.54) is 6.08 Å². The van der Waals surface area contributed by atoms with Gasteiger partial charge >= 0.3 is 0 Å². The van der Waals surface area contributed by atoms with Crippen molar-refractivity contribution in [2.75, 3.05) is 23.3 Å². The predicted octanol–water partition coefficient (Wildman–Crippen LogP) is 2.11. The molecule has 0 bridgehead atoms. The van der Waals surface area contributed by atoms with Crippen LogP contribution in [0.15, 0.2) is 49.1 Å². The summed E-state index contributed by atoms with van der Waals surface area (Å²) in [6, 6.07) is 11.3. The second-order valence-electron chi connectivity index (χ2n) is 6.57. The van der Waals surface area contributed by atoms with Gasteiger partial charge in [-0.05, 0) is 49.2 Å². The Morgan fingerprint density at radius 2 is 2.15 bits per heavy atom. The summed E-state index contributed by atoms with van der Waals surface area (Å²) in [5, 5.41) is 6.09. The lowest BCUT2D eigenvalue weighted by Crippen LogP contribution is -2.36. The lowest BCUT2D eigenvalue weighted by molar-refractivity contribution is -0.117. The van der Waals surface area contributed by atoms with Gasteiger partial charge in [0.05, 0.1) is 5.56 Å². The minimum absolute atomic E-state index is 0.0429. The summed E-state index contributed by atoms with van der Waals surface area (Å²) in [6.45, 7) is 6.87. The number of hydrogen-bond acceptors (Lipinski definition) is 5. The van der Waals surface area contributed by atoms with Crippen molar-refractivity contribution < 1.29 is 9.59 Å². The number of nitrogens with zero attached hydrogens (tertiary/aromatic N) is 2. The second kappa shape index (κ2) is 7.90. The molecular formula is C20H23N5O2. The Morgan fingerprint density at radius 3 is 2.85 bits per heavy atom. The van der Waals surface area contributed by atoms with E-state index in [1.54, 1.807) is 12.1 Å².